The maximum atomic E-state index is 5.84. The number of nitrogens with two attached hydrogens (primary N) is 1. The number of aromatic nitrogens is 3. The van der Waals surface area contributed by atoms with E-state index in [2.05, 4.69) is 21.7 Å². The minimum Gasteiger partial charge on any atom is -0.330 e. The van der Waals surface area contributed by atoms with Crippen molar-refractivity contribution >= 4 is 0 Å². The predicted molar refractivity (Wildman–Crippen MR) is 64.2 cm³/mol. The lowest BCUT2D eigenvalue weighted by Crippen LogP contribution is -2.19. The van der Waals surface area contributed by atoms with Gasteiger partial charge in [-0.05, 0) is 19.3 Å². The van der Waals surface area contributed by atoms with Gasteiger partial charge in [-0.2, -0.15) is 0 Å². The van der Waals surface area contributed by atoms with Crippen molar-refractivity contribution in [3.8, 4) is 0 Å². The summed E-state index contributed by atoms with van der Waals surface area (Å²) in [6, 6.07) is 0.621. The molecule has 1 fully saturated rings. The Balaban J connectivity index is 2.16. The lowest BCUT2D eigenvalue weighted by Gasteiger charge is -2.18. The van der Waals surface area contributed by atoms with Crippen molar-refractivity contribution in [1.29, 1.82) is 0 Å². The summed E-state index contributed by atoms with van der Waals surface area (Å²) in [6.45, 7) is 2.87. The summed E-state index contributed by atoms with van der Waals surface area (Å²) in [6.07, 6.45) is 9.38. The molecule has 0 aliphatic heterocycles. The predicted octanol–water partition coefficient (Wildman–Crippen LogP) is 2.24. The van der Waals surface area contributed by atoms with Gasteiger partial charge in [-0.15, -0.1) is 10.2 Å². The summed E-state index contributed by atoms with van der Waals surface area (Å²) in [5.41, 5.74) is 5.84. The summed E-state index contributed by atoms with van der Waals surface area (Å²) in [5, 5.41) is 8.36. The van der Waals surface area contributed by atoms with E-state index < -0.39 is 0 Å². The van der Waals surface area contributed by atoms with Crippen LogP contribution in [0.15, 0.2) is 6.33 Å². The van der Waals surface area contributed by atoms with Crippen LogP contribution < -0.4 is 5.73 Å². The molecule has 2 rings (SSSR count). The van der Waals surface area contributed by atoms with Gasteiger partial charge in [-0.25, -0.2) is 0 Å². The third kappa shape index (κ3) is 2.26. The van der Waals surface area contributed by atoms with Gasteiger partial charge in [0.15, 0.2) is 0 Å². The van der Waals surface area contributed by atoms with Gasteiger partial charge in [0.25, 0.3) is 0 Å². The molecule has 1 atom stereocenters. The fourth-order valence-corrected chi connectivity index (χ4v) is 2.71. The van der Waals surface area contributed by atoms with E-state index >= 15 is 0 Å². The van der Waals surface area contributed by atoms with Crippen LogP contribution in [0.2, 0.25) is 0 Å². The Morgan fingerprint density at radius 1 is 1.50 bits per heavy atom. The first-order valence-corrected chi connectivity index (χ1v) is 6.46. The molecule has 0 saturated heterocycles. The van der Waals surface area contributed by atoms with E-state index in [0.29, 0.717) is 18.5 Å². The fourth-order valence-electron chi connectivity index (χ4n) is 2.71. The number of hydrogen-bond donors (Lipinski definition) is 1. The summed E-state index contributed by atoms with van der Waals surface area (Å²) < 4.78 is 2.28. The van der Waals surface area contributed by atoms with Crippen molar-refractivity contribution in [2.75, 3.05) is 6.54 Å². The van der Waals surface area contributed by atoms with E-state index in [1.807, 2.05) is 6.33 Å². The lowest BCUT2D eigenvalue weighted by molar-refractivity contribution is 0.463. The molecule has 1 heterocycles. The molecule has 1 aliphatic rings. The minimum absolute atomic E-state index is 0.382. The lowest BCUT2D eigenvalue weighted by atomic mass is 10.0. The molecule has 4 heteroatoms. The molecule has 1 aromatic rings. The molecule has 0 bridgehead atoms. The van der Waals surface area contributed by atoms with Gasteiger partial charge < -0.3 is 10.3 Å². The fraction of sp³-hybridized carbons (Fsp3) is 0.833. The Morgan fingerprint density at radius 2 is 2.25 bits per heavy atom. The summed E-state index contributed by atoms with van der Waals surface area (Å²) in [7, 11) is 0. The molecule has 0 spiro atoms. The highest BCUT2D eigenvalue weighted by Crippen LogP contribution is 2.32. The van der Waals surface area contributed by atoms with Crippen LogP contribution in [0, 0.1) is 0 Å². The molecule has 90 valence electrons. The zero-order valence-corrected chi connectivity index (χ0v) is 10.1. The summed E-state index contributed by atoms with van der Waals surface area (Å²) >= 11 is 0. The SMILES string of the molecule is CCCC(CN)c1nncn1C1CCCC1. The molecule has 1 aromatic heterocycles. The highest BCUT2D eigenvalue weighted by atomic mass is 15.3. The van der Waals surface area contributed by atoms with E-state index in [0.717, 1.165) is 18.7 Å². The van der Waals surface area contributed by atoms with Crippen molar-refractivity contribution < 1.29 is 0 Å². The Morgan fingerprint density at radius 3 is 2.88 bits per heavy atom. The van der Waals surface area contributed by atoms with Gasteiger partial charge in [-0.3, -0.25) is 0 Å². The zero-order valence-electron chi connectivity index (χ0n) is 10.1. The largest absolute Gasteiger partial charge is 0.330 e. The van der Waals surface area contributed by atoms with Gasteiger partial charge >= 0.3 is 0 Å². The van der Waals surface area contributed by atoms with E-state index in [4.69, 9.17) is 5.73 Å². The van der Waals surface area contributed by atoms with Gasteiger partial charge in [0.1, 0.15) is 12.2 Å². The van der Waals surface area contributed by atoms with Gasteiger partial charge in [0.05, 0.1) is 0 Å². The molecule has 1 unspecified atom stereocenters. The summed E-state index contributed by atoms with van der Waals surface area (Å²) in [4.78, 5) is 0. The van der Waals surface area contributed by atoms with Crippen molar-refractivity contribution in [2.45, 2.75) is 57.4 Å². The molecule has 1 aliphatic carbocycles. The zero-order chi connectivity index (χ0) is 11.4. The highest BCUT2D eigenvalue weighted by molar-refractivity contribution is 5.00. The molecule has 0 amide bonds. The number of rotatable bonds is 5. The van der Waals surface area contributed by atoms with Crippen molar-refractivity contribution in [3.63, 3.8) is 0 Å². The second kappa shape index (κ2) is 5.43. The van der Waals surface area contributed by atoms with Gasteiger partial charge in [-0.1, -0.05) is 26.2 Å². The molecular formula is C12H22N4. The average Bonchev–Trinajstić information content (AvgIpc) is 2.94. The normalized spacial score (nSPS) is 19.1. The van der Waals surface area contributed by atoms with Gasteiger partial charge in [0, 0.05) is 18.5 Å². The average molecular weight is 222 g/mol. The molecule has 0 radical (unpaired) electrons. The molecule has 4 nitrogen and oxygen atoms in total. The van der Waals surface area contributed by atoms with Crippen LogP contribution in [0.5, 0.6) is 0 Å². The standard InChI is InChI=1S/C12H22N4/c1-2-5-10(8-13)12-15-14-9-16(12)11-6-3-4-7-11/h9-11H,2-8,13H2,1H3. The van der Waals surface area contributed by atoms with E-state index in [1.54, 1.807) is 0 Å². The molecular weight excluding hydrogens is 200 g/mol. The maximum absolute atomic E-state index is 5.84. The van der Waals surface area contributed by atoms with Crippen molar-refractivity contribution in [2.24, 2.45) is 5.73 Å². The Kier molecular flexibility index (Phi) is 3.93. The first kappa shape index (κ1) is 11.6. The Labute approximate surface area is 97.2 Å². The van der Waals surface area contributed by atoms with Crippen LogP contribution in [0.1, 0.15) is 63.2 Å². The third-order valence-electron chi connectivity index (χ3n) is 3.61. The van der Waals surface area contributed by atoms with Crippen LogP contribution in [0.4, 0.5) is 0 Å². The second-order valence-electron chi connectivity index (χ2n) is 4.76. The minimum atomic E-state index is 0.382. The van der Waals surface area contributed by atoms with Crippen LogP contribution >= 0.6 is 0 Å². The molecule has 2 N–H and O–H groups in total. The van der Waals surface area contributed by atoms with Crippen LogP contribution in [-0.4, -0.2) is 21.3 Å². The second-order valence-corrected chi connectivity index (χ2v) is 4.76. The summed E-state index contributed by atoms with van der Waals surface area (Å²) in [5.74, 6) is 1.49. The molecule has 1 saturated carbocycles. The van der Waals surface area contributed by atoms with Crippen LogP contribution in [0.3, 0.4) is 0 Å². The first-order valence-electron chi connectivity index (χ1n) is 6.46. The maximum Gasteiger partial charge on any atom is 0.137 e. The first-order chi connectivity index (χ1) is 7.86. The molecule has 16 heavy (non-hydrogen) atoms. The highest BCUT2D eigenvalue weighted by Gasteiger charge is 2.23. The van der Waals surface area contributed by atoms with E-state index in [9.17, 15) is 0 Å². The quantitative estimate of drug-likeness (QED) is 0.831. The number of nitrogens with zero attached hydrogens (tertiary/aromatic N) is 3. The van der Waals surface area contributed by atoms with E-state index in [1.165, 1.54) is 25.7 Å². The van der Waals surface area contributed by atoms with E-state index in [-0.39, 0.29) is 0 Å². The van der Waals surface area contributed by atoms with Crippen LogP contribution in [0.25, 0.3) is 0 Å². The monoisotopic (exact) mass is 222 g/mol. The topological polar surface area (TPSA) is 56.7 Å². The van der Waals surface area contributed by atoms with Crippen molar-refractivity contribution in [3.05, 3.63) is 12.2 Å². The van der Waals surface area contributed by atoms with Crippen molar-refractivity contribution in [1.82, 2.24) is 14.8 Å². The van der Waals surface area contributed by atoms with Gasteiger partial charge in [0.2, 0.25) is 0 Å². The third-order valence-corrected chi connectivity index (χ3v) is 3.61. The Bertz CT molecular complexity index is 315. The molecule has 0 aromatic carbocycles. The van der Waals surface area contributed by atoms with Crippen LogP contribution in [-0.2, 0) is 0 Å². The smallest absolute Gasteiger partial charge is 0.137 e. The number of hydrogen-bond acceptors (Lipinski definition) is 3. The Hall–Kier alpha value is -0.900.